The van der Waals surface area contributed by atoms with E-state index in [0.717, 1.165) is 30.4 Å². The predicted octanol–water partition coefficient (Wildman–Crippen LogP) is 4.65. The van der Waals surface area contributed by atoms with E-state index < -0.39 is 8.32 Å². The molecule has 0 bridgehead atoms. The van der Waals surface area contributed by atoms with Crippen molar-refractivity contribution in [1.82, 2.24) is 4.90 Å². The Hall–Kier alpha value is -0.233. The largest absolute Gasteiger partial charge is 0.413 e. The lowest BCUT2D eigenvalue weighted by molar-refractivity contribution is -0.115. The molecule has 1 saturated heterocycles. The van der Waals surface area contributed by atoms with E-state index in [0.29, 0.717) is 6.42 Å². The number of carbonyl (C=O) groups excluding carboxylic acids is 1. The Labute approximate surface area is 150 Å². The molecule has 130 valence electrons. The van der Waals surface area contributed by atoms with Gasteiger partial charge in [-0.05, 0) is 37.0 Å². The quantitative estimate of drug-likeness (QED) is 0.644. The first-order chi connectivity index (χ1) is 10.5. The van der Waals surface area contributed by atoms with Gasteiger partial charge in [-0.2, -0.15) is 0 Å². The standard InChI is InChI=1S/C18H30BrNO2Si/c1-14(19)12-20-13-16(22-23(5,6)17(2,3)4)11-18(20)9-7-15(21)8-10-18/h7,9,16H,1,8,10-13H2,2-6H3/t16-,18-/m1/s1. The van der Waals surface area contributed by atoms with Crippen molar-refractivity contribution in [2.75, 3.05) is 13.1 Å². The van der Waals surface area contributed by atoms with Gasteiger partial charge in [0.1, 0.15) is 0 Å². The van der Waals surface area contributed by atoms with Crippen LogP contribution in [0.2, 0.25) is 18.1 Å². The van der Waals surface area contributed by atoms with Gasteiger partial charge in [0.25, 0.3) is 0 Å². The number of hydrogen-bond acceptors (Lipinski definition) is 3. The normalized spacial score (nSPS) is 29.5. The highest BCUT2D eigenvalue weighted by molar-refractivity contribution is 9.11. The third-order valence-electron chi connectivity index (χ3n) is 5.65. The molecule has 0 N–H and O–H groups in total. The van der Waals surface area contributed by atoms with Crippen molar-refractivity contribution in [3.05, 3.63) is 23.2 Å². The number of ketones is 1. The van der Waals surface area contributed by atoms with Crippen LogP contribution in [0.3, 0.4) is 0 Å². The summed E-state index contributed by atoms with van der Waals surface area (Å²) >= 11 is 3.50. The lowest BCUT2D eigenvalue weighted by Gasteiger charge is -2.38. The monoisotopic (exact) mass is 399 g/mol. The van der Waals surface area contributed by atoms with Crippen LogP contribution in [0.25, 0.3) is 0 Å². The minimum absolute atomic E-state index is 0.0440. The maximum atomic E-state index is 11.6. The van der Waals surface area contributed by atoms with E-state index in [9.17, 15) is 4.79 Å². The highest BCUT2D eigenvalue weighted by Gasteiger charge is 2.48. The van der Waals surface area contributed by atoms with E-state index in [1.165, 1.54) is 0 Å². The molecule has 2 atom stereocenters. The summed E-state index contributed by atoms with van der Waals surface area (Å²) in [7, 11) is -1.79. The molecule has 1 fully saturated rings. The molecule has 0 aromatic carbocycles. The number of halogens is 1. The van der Waals surface area contributed by atoms with Gasteiger partial charge in [0, 0.05) is 29.5 Å². The molecule has 0 aromatic rings. The fraction of sp³-hybridized carbons (Fsp3) is 0.722. The van der Waals surface area contributed by atoms with Crippen LogP contribution in [-0.2, 0) is 9.22 Å². The van der Waals surface area contributed by atoms with Crippen LogP contribution >= 0.6 is 15.9 Å². The van der Waals surface area contributed by atoms with Gasteiger partial charge in [-0.3, -0.25) is 9.69 Å². The molecular formula is C18H30BrNO2Si. The lowest BCUT2D eigenvalue weighted by atomic mass is 9.84. The maximum absolute atomic E-state index is 11.6. The van der Waals surface area contributed by atoms with E-state index in [4.69, 9.17) is 4.43 Å². The van der Waals surface area contributed by atoms with Gasteiger partial charge in [-0.15, -0.1) is 0 Å². The summed E-state index contributed by atoms with van der Waals surface area (Å²) in [6.45, 7) is 17.2. The van der Waals surface area contributed by atoms with Crippen molar-refractivity contribution in [3.63, 3.8) is 0 Å². The Morgan fingerprint density at radius 3 is 2.65 bits per heavy atom. The maximum Gasteiger partial charge on any atom is 0.192 e. The molecule has 0 radical (unpaired) electrons. The van der Waals surface area contributed by atoms with Crippen molar-refractivity contribution >= 4 is 30.0 Å². The molecule has 1 heterocycles. The van der Waals surface area contributed by atoms with Gasteiger partial charge >= 0.3 is 0 Å². The second-order valence-electron chi connectivity index (χ2n) is 8.51. The second kappa shape index (κ2) is 6.58. The zero-order valence-electron chi connectivity index (χ0n) is 15.1. The first-order valence-electron chi connectivity index (χ1n) is 8.43. The molecule has 23 heavy (non-hydrogen) atoms. The molecule has 1 aliphatic carbocycles. The lowest BCUT2D eigenvalue weighted by Crippen LogP contribution is -2.44. The zero-order chi connectivity index (χ0) is 17.5. The van der Waals surface area contributed by atoms with Gasteiger partial charge in [0.05, 0.1) is 6.10 Å². The summed E-state index contributed by atoms with van der Waals surface area (Å²) < 4.78 is 7.64. The first kappa shape index (κ1) is 19.1. The number of rotatable bonds is 4. The number of nitrogens with zero attached hydrogens (tertiary/aromatic N) is 1. The fourth-order valence-electron chi connectivity index (χ4n) is 3.31. The van der Waals surface area contributed by atoms with E-state index >= 15 is 0 Å². The zero-order valence-corrected chi connectivity index (χ0v) is 17.7. The number of hydrogen-bond donors (Lipinski definition) is 0. The van der Waals surface area contributed by atoms with E-state index in [-0.39, 0.29) is 22.5 Å². The van der Waals surface area contributed by atoms with Gasteiger partial charge in [0.15, 0.2) is 14.1 Å². The Balaban J connectivity index is 2.19. The summed E-state index contributed by atoms with van der Waals surface area (Å²) in [5.41, 5.74) is -0.0440. The van der Waals surface area contributed by atoms with Crippen LogP contribution in [0.1, 0.15) is 40.0 Å². The minimum atomic E-state index is -1.79. The average Bonchev–Trinajstić information content (AvgIpc) is 2.68. The summed E-state index contributed by atoms with van der Waals surface area (Å²) in [5, 5.41) is 0.213. The van der Waals surface area contributed by atoms with Crippen molar-refractivity contribution in [1.29, 1.82) is 0 Å². The molecule has 5 heteroatoms. The number of likely N-dealkylation sites (tertiary alicyclic amines) is 1. The molecular weight excluding hydrogens is 370 g/mol. The molecule has 2 rings (SSSR count). The molecule has 1 aliphatic heterocycles. The average molecular weight is 400 g/mol. The number of carbonyl (C=O) groups is 1. The van der Waals surface area contributed by atoms with Gasteiger partial charge in [-0.25, -0.2) is 0 Å². The summed E-state index contributed by atoms with van der Waals surface area (Å²) in [4.78, 5) is 14.1. The minimum Gasteiger partial charge on any atom is -0.413 e. The summed E-state index contributed by atoms with van der Waals surface area (Å²) in [6.07, 6.45) is 6.62. The predicted molar refractivity (Wildman–Crippen MR) is 102 cm³/mol. The molecule has 1 spiro atoms. The smallest absolute Gasteiger partial charge is 0.192 e. The second-order valence-corrected chi connectivity index (χ2v) is 14.4. The highest BCUT2D eigenvalue weighted by atomic mass is 79.9. The Kier molecular flexibility index (Phi) is 5.46. The Bertz CT molecular complexity index is 524. The van der Waals surface area contributed by atoms with Crippen LogP contribution in [0.4, 0.5) is 0 Å². The molecule has 0 amide bonds. The molecule has 0 aromatic heterocycles. The SMILES string of the molecule is C=C(Br)CN1C[C@H](O[Si](C)(C)C(C)(C)C)C[C@]12C=CC(=O)CC2. The highest BCUT2D eigenvalue weighted by Crippen LogP contribution is 2.43. The molecule has 0 saturated carbocycles. The van der Waals surface area contributed by atoms with Crippen LogP contribution < -0.4 is 0 Å². The van der Waals surface area contributed by atoms with E-state index in [2.05, 4.69) is 67.4 Å². The van der Waals surface area contributed by atoms with Crippen molar-refractivity contribution in [2.24, 2.45) is 0 Å². The third-order valence-corrected chi connectivity index (χ3v) is 10.4. The van der Waals surface area contributed by atoms with Gasteiger partial charge in [-0.1, -0.05) is 49.4 Å². The molecule has 3 nitrogen and oxygen atoms in total. The Morgan fingerprint density at radius 2 is 2.17 bits per heavy atom. The molecule has 2 aliphatic rings. The van der Waals surface area contributed by atoms with Crippen LogP contribution in [-0.4, -0.2) is 43.7 Å². The van der Waals surface area contributed by atoms with Crippen molar-refractivity contribution in [3.8, 4) is 0 Å². The van der Waals surface area contributed by atoms with Crippen LogP contribution in [0, 0.1) is 0 Å². The van der Waals surface area contributed by atoms with Crippen LogP contribution in [0.5, 0.6) is 0 Å². The summed E-state index contributed by atoms with van der Waals surface area (Å²) in [5.74, 6) is 0.238. The van der Waals surface area contributed by atoms with Gasteiger partial charge < -0.3 is 4.43 Å². The number of allylic oxidation sites excluding steroid dienone is 1. The van der Waals surface area contributed by atoms with E-state index in [1.54, 1.807) is 6.08 Å². The molecule has 0 unspecified atom stereocenters. The van der Waals surface area contributed by atoms with Gasteiger partial charge in [0.2, 0.25) is 0 Å². The first-order valence-corrected chi connectivity index (χ1v) is 12.1. The fourth-order valence-corrected chi connectivity index (χ4v) is 4.95. The topological polar surface area (TPSA) is 29.5 Å². The Morgan fingerprint density at radius 1 is 1.52 bits per heavy atom. The summed E-state index contributed by atoms with van der Waals surface area (Å²) in [6, 6.07) is 0. The van der Waals surface area contributed by atoms with E-state index in [1.807, 2.05) is 0 Å². The van der Waals surface area contributed by atoms with Crippen molar-refractivity contribution in [2.45, 2.75) is 69.8 Å². The van der Waals surface area contributed by atoms with Crippen LogP contribution in [0.15, 0.2) is 23.2 Å². The van der Waals surface area contributed by atoms with Crippen molar-refractivity contribution < 1.29 is 9.22 Å². The third kappa shape index (κ3) is 4.24.